The molecule has 0 unspecified atom stereocenters. The zero-order chi connectivity index (χ0) is 23.7. The molecule has 3 aromatic heterocycles. The van der Waals surface area contributed by atoms with Gasteiger partial charge in [-0.3, -0.25) is 14.8 Å². The molecule has 4 aromatic rings. The van der Waals surface area contributed by atoms with Gasteiger partial charge in [-0.05, 0) is 30.5 Å². The van der Waals surface area contributed by atoms with E-state index in [4.69, 9.17) is 5.73 Å². The van der Waals surface area contributed by atoms with Crippen LogP contribution in [0, 0.1) is 0 Å². The van der Waals surface area contributed by atoms with Crippen LogP contribution in [-0.2, 0) is 16.0 Å². The predicted molar refractivity (Wildman–Crippen MR) is 133 cm³/mol. The summed E-state index contributed by atoms with van der Waals surface area (Å²) < 4.78 is 0. The van der Waals surface area contributed by atoms with Gasteiger partial charge in [0.15, 0.2) is 0 Å². The Morgan fingerprint density at radius 1 is 1.14 bits per heavy atom. The topological polar surface area (TPSA) is 165 Å². The number of nitrogens with one attached hydrogen (secondary N) is 4. The van der Waals surface area contributed by atoms with Gasteiger partial charge in [0.1, 0.15) is 23.8 Å². The number of carbonyl (C=O) groups is 2. The fourth-order valence-corrected chi connectivity index (χ4v) is 4.56. The van der Waals surface area contributed by atoms with E-state index in [1.165, 1.54) is 6.33 Å². The van der Waals surface area contributed by atoms with Crippen LogP contribution in [0.1, 0.15) is 18.4 Å². The van der Waals surface area contributed by atoms with Crippen LogP contribution in [0.15, 0.2) is 49.1 Å². The van der Waals surface area contributed by atoms with Gasteiger partial charge in [0.2, 0.25) is 5.91 Å². The molecule has 7 N–H and O–H groups in total. The monoisotopic (exact) mass is 498 g/mol. The summed E-state index contributed by atoms with van der Waals surface area (Å²) in [6, 6.07) is 8.63. The molecular formula is C23H27ClN8O3. The van der Waals surface area contributed by atoms with Crippen LogP contribution < -0.4 is 21.4 Å². The van der Waals surface area contributed by atoms with Crippen molar-refractivity contribution in [3.63, 3.8) is 0 Å². The Kier molecular flexibility index (Phi) is 6.92. The number of hydrogen-bond acceptors (Lipinski definition) is 7. The van der Waals surface area contributed by atoms with Crippen LogP contribution in [0.3, 0.4) is 0 Å². The van der Waals surface area contributed by atoms with Crippen LogP contribution in [-0.4, -0.2) is 61.6 Å². The van der Waals surface area contributed by atoms with Gasteiger partial charge < -0.3 is 25.9 Å². The van der Waals surface area contributed by atoms with Crippen LogP contribution in [0.4, 0.5) is 5.82 Å². The van der Waals surface area contributed by atoms with Gasteiger partial charge in [-0.25, -0.2) is 15.4 Å². The van der Waals surface area contributed by atoms with Crippen molar-refractivity contribution < 1.29 is 14.8 Å². The molecule has 2 amide bonds. The Labute approximate surface area is 206 Å². The van der Waals surface area contributed by atoms with Gasteiger partial charge >= 0.3 is 0 Å². The summed E-state index contributed by atoms with van der Waals surface area (Å²) in [5, 5.41) is 13.9. The third-order valence-corrected chi connectivity index (χ3v) is 6.57. The summed E-state index contributed by atoms with van der Waals surface area (Å²) in [5.74, 6) is -0.323. The minimum absolute atomic E-state index is 0. The average molecular weight is 499 g/mol. The maximum atomic E-state index is 13.2. The van der Waals surface area contributed by atoms with Crippen molar-refractivity contribution in [2.45, 2.75) is 30.8 Å². The number of piperidine rings is 1. The number of anilines is 1. The highest BCUT2D eigenvalue weighted by molar-refractivity contribution is 5.93. The van der Waals surface area contributed by atoms with Crippen molar-refractivity contribution in [3.05, 3.63) is 54.6 Å². The molecule has 12 heteroatoms. The van der Waals surface area contributed by atoms with E-state index in [1.54, 1.807) is 11.7 Å². The molecule has 1 fully saturated rings. The van der Waals surface area contributed by atoms with Crippen LogP contribution in [0.5, 0.6) is 0 Å². The second-order valence-electron chi connectivity index (χ2n) is 8.65. The summed E-state index contributed by atoms with van der Waals surface area (Å²) in [7, 11) is 0. The number of nitrogens with zero attached hydrogens (tertiary/aromatic N) is 3. The van der Waals surface area contributed by atoms with E-state index in [-0.39, 0.29) is 18.8 Å². The van der Waals surface area contributed by atoms with Crippen molar-refractivity contribution in [3.8, 4) is 0 Å². The Morgan fingerprint density at radius 3 is 2.69 bits per heavy atom. The van der Waals surface area contributed by atoms with E-state index in [1.807, 2.05) is 36.5 Å². The molecule has 11 nitrogen and oxygen atoms in total. The predicted octanol–water partition coefficient (Wildman–Crippen LogP) is 1.39. The first kappa shape index (κ1) is 24.5. The second kappa shape index (κ2) is 9.90. The Hall–Kier alpha value is -3.67. The number of carbonyl (C=O) groups excluding carboxylic acids is 2. The fourth-order valence-electron chi connectivity index (χ4n) is 4.56. The molecule has 0 aliphatic carbocycles. The number of rotatable bonds is 6. The van der Waals surface area contributed by atoms with E-state index in [0.29, 0.717) is 25.9 Å². The highest BCUT2D eigenvalue weighted by Crippen LogP contribution is 2.28. The van der Waals surface area contributed by atoms with Crippen LogP contribution in [0.2, 0.25) is 0 Å². The lowest BCUT2D eigenvalue weighted by molar-refractivity contribution is -0.136. The van der Waals surface area contributed by atoms with Crippen molar-refractivity contribution in [1.82, 2.24) is 30.7 Å². The number of amides is 2. The molecule has 35 heavy (non-hydrogen) atoms. The summed E-state index contributed by atoms with van der Waals surface area (Å²) in [4.78, 5) is 42.5. The first-order chi connectivity index (χ1) is 16.5. The van der Waals surface area contributed by atoms with E-state index in [2.05, 4.69) is 30.2 Å². The van der Waals surface area contributed by atoms with Gasteiger partial charge in [-0.1, -0.05) is 18.2 Å². The molecule has 1 aliphatic heterocycles. The zero-order valence-electron chi connectivity index (χ0n) is 18.8. The van der Waals surface area contributed by atoms with Crippen molar-refractivity contribution in [2.24, 2.45) is 5.73 Å². The maximum Gasteiger partial charge on any atom is 0.266 e. The third-order valence-electron chi connectivity index (χ3n) is 6.57. The maximum absolute atomic E-state index is 13.2. The molecule has 0 bridgehead atoms. The molecule has 0 spiro atoms. The van der Waals surface area contributed by atoms with Crippen molar-refractivity contribution in [2.75, 3.05) is 18.0 Å². The molecule has 1 aliphatic rings. The summed E-state index contributed by atoms with van der Waals surface area (Å²) in [6.45, 7) is 1.06. The minimum Gasteiger partial charge on any atom is -0.361 e. The van der Waals surface area contributed by atoms with Crippen molar-refractivity contribution in [1.29, 1.82) is 0 Å². The molecule has 4 heterocycles. The normalized spacial score (nSPS) is 16.0. The van der Waals surface area contributed by atoms with E-state index >= 15 is 0 Å². The molecule has 1 saturated heterocycles. The SMILES string of the molecule is Cl.NC1(C(=O)N[C@H](Cc2c[nH]c3ccccc23)C(=O)NO)CCN(c2ncnc3[nH]ccc23)CC1. The standard InChI is InChI=1S/C23H26N8O3.ClH/c24-23(6-9-31(10-7-23)20-16-5-8-25-19(16)27-13-28-20)22(33)29-18(21(32)30-34)11-14-12-26-17-4-2-1-3-15(14)17;/h1-5,8,12-13,18,26,34H,6-7,9-11,24H2,(H,29,33)(H,30,32)(H,25,27,28);1H/t18-;/m1./s1. The largest absolute Gasteiger partial charge is 0.361 e. The van der Waals surface area contributed by atoms with Gasteiger partial charge in [0.25, 0.3) is 5.91 Å². The second-order valence-corrected chi connectivity index (χ2v) is 8.65. The van der Waals surface area contributed by atoms with Gasteiger partial charge in [0.05, 0.1) is 10.9 Å². The van der Waals surface area contributed by atoms with Crippen molar-refractivity contribution >= 4 is 52.0 Å². The number of para-hydroxylation sites is 1. The summed E-state index contributed by atoms with van der Waals surface area (Å²) in [6.07, 6.45) is 6.09. The van der Waals surface area contributed by atoms with E-state index < -0.39 is 23.4 Å². The first-order valence-electron chi connectivity index (χ1n) is 11.1. The van der Waals surface area contributed by atoms with Gasteiger partial charge in [0, 0.05) is 42.8 Å². The third kappa shape index (κ3) is 4.65. The molecule has 184 valence electrons. The molecular weight excluding hydrogens is 472 g/mol. The number of aromatic nitrogens is 4. The number of aromatic amines is 2. The quantitative estimate of drug-likeness (QED) is 0.172. The highest BCUT2D eigenvalue weighted by Gasteiger charge is 2.40. The molecule has 1 aromatic carbocycles. The zero-order valence-corrected chi connectivity index (χ0v) is 19.6. The fraction of sp³-hybridized carbons (Fsp3) is 0.304. The number of nitrogens with two attached hydrogens (primary N) is 1. The lowest BCUT2D eigenvalue weighted by atomic mass is 9.87. The molecule has 5 rings (SSSR count). The highest BCUT2D eigenvalue weighted by atomic mass is 35.5. The number of H-pyrrole nitrogens is 2. The Bertz CT molecular complexity index is 1340. The number of hydrogen-bond donors (Lipinski definition) is 6. The van der Waals surface area contributed by atoms with Gasteiger partial charge in [-0.15, -0.1) is 12.4 Å². The molecule has 1 atom stereocenters. The summed E-state index contributed by atoms with van der Waals surface area (Å²) >= 11 is 0. The lowest BCUT2D eigenvalue weighted by Gasteiger charge is -2.39. The smallest absolute Gasteiger partial charge is 0.266 e. The van der Waals surface area contributed by atoms with Gasteiger partial charge in [-0.2, -0.15) is 0 Å². The first-order valence-corrected chi connectivity index (χ1v) is 11.1. The van der Waals surface area contributed by atoms with Crippen LogP contribution >= 0.6 is 12.4 Å². The molecule has 0 radical (unpaired) electrons. The molecule has 0 saturated carbocycles. The number of fused-ring (bicyclic) bond motifs is 2. The van der Waals surface area contributed by atoms with Crippen LogP contribution in [0.25, 0.3) is 21.9 Å². The number of benzene rings is 1. The van der Waals surface area contributed by atoms with E-state index in [0.717, 1.165) is 33.3 Å². The number of hydroxylamine groups is 1. The van der Waals surface area contributed by atoms with E-state index in [9.17, 15) is 14.8 Å². The summed E-state index contributed by atoms with van der Waals surface area (Å²) in [5.41, 5.74) is 9.56. The number of halogens is 1. The lowest BCUT2D eigenvalue weighted by Crippen LogP contribution is -2.62. The average Bonchev–Trinajstić information content (AvgIpc) is 3.51. The Balaban J connectivity index is 0.00000289. The minimum atomic E-state index is -1.14. The Morgan fingerprint density at radius 2 is 1.91 bits per heavy atom.